The standard InChI is InChI=1S/C13H17F3N4O.2ClH/c14-13(15,16)11-2-1-10(9-19-11)12(21)18-5-8-20-6-3-17-4-7-20;;/h1-2,9,17H,3-8H2,(H,18,21);2*1H. The fourth-order valence-corrected chi connectivity index (χ4v) is 2.06. The van der Waals surface area contributed by atoms with E-state index in [2.05, 4.69) is 20.5 Å². The number of alkyl halides is 3. The molecule has 0 unspecified atom stereocenters. The minimum atomic E-state index is -4.49. The number of pyridine rings is 1. The largest absolute Gasteiger partial charge is 0.433 e. The smallest absolute Gasteiger partial charge is 0.351 e. The van der Waals surface area contributed by atoms with Crippen molar-refractivity contribution in [1.29, 1.82) is 0 Å². The zero-order valence-electron chi connectivity index (χ0n) is 12.2. The third-order valence-corrected chi connectivity index (χ3v) is 3.24. The Morgan fingerprint density at radius 2 is 1.91 bits per heavy atom. The van der Waals surface area contributed by atoms with E-state index in [1.807, 2.05) is 0 Å². The summed E-state index contributed by atoms with van der Waals surface area (Å²) in [5, 5.41) is 5.91. The molecule has 0 radical (unpaired) electrons. The van der Waals surface area contributed by atoms with Crippen LogP contribution in [0.2, 0.25) is 0 Å². The molecule has 2 N–H and O–H groups in total. The molecule has 1 aromatic heterocycles. The fourth-order valence-electron chi connectivity index (χ4n) is 2.06. The lowest BCUT2D eigenvalue weighted by Crippen LogP contribution is -2.46. The second-order valence-electron chi connectivity index (χ2n) is 4.78. The van der Waals surface area contributed by atoms with Crippen LogP contribution in [0.15, 0.2) is 18.3 Å². The molecule has 1 aliphatic heterocycles. The number of nitrogens with one attached hydrogen (secondary N) is 2. The number of halogens is 5. The molecule has 1 saturated heterocycles. The molecule has 5 nitrogen and oxygen atoms in total. The van der Waals surface area contributed by atoms with Crippen LogP contribution >= 0.6 is 24.8 Å². The third-order valence-electron chi connectivity index (χ3n) is 3.24. The fraction of sp³-hybridized carbons (Fsp3) is 0.538. The zero-order chi connectivity index (χ0) is 15.3. The van der Waals surface area contributed by atoms with E-state index in [1.165, 1.54) is 0 Å². The molecule has 1 aromatic rings. The molecular weight excluding hydrogens is 356 g/mol. The highest BCUT2D eigenvalue weighted by Gasteiger charge is 2.32. The Balaban J connectivity index is 0.00000242. The van der Waals surface area contributed by atoms with Crippen LogP contribution in [0.3, 0.4) is 0 Å². The van der Waals surface area contributed by atoms with Gasteiger partial charge in [0.1, 0.15) is 5.69 Å². The van der Waals surface area contributed by atoms with E-state index in [4.69, 9.17) is 0 Å². The third kappa shape index (κ3) is 6.90. The first kappa shape index (κ1) is 21.9. The average Bonchev–Trinajstić information content (AvgIpc) is 2.47. The lowest BCUT2D eigenvalue weighted by molar-refractivity contribution is -0.141. The molecule has 2 heterocycles. The van der Waals surface area contributed by atoms with Crippen molar-refractivity contribution in [2.45, 2.75) is 6.18 Å². The molecule has 132 valence electrons. The monoisotopic (exact) mass is 374 g/mol. The van der Waals surface area contributed by atoms with E-state index in [9.17, 15) is 18.0 Å². The number of carbonyl (C=O) groups is 1. The van der Waals surface area contributed by atoms with Gasteiger partial charge in [0, 0.05) is 45.5 Å². The molecule has 0 aromatic carbocycles. The number of nitrogens with zero attached hydrogens (tertiary/aromatic N) is 2. The Kier molecular flexibility index (Phi) is 9.45. The summed E-state index contributed by atoms with van der Waals surface area (Å²) in [6.07, 6.45) is -3.54. The number of piperazine rings is 1. The van der Waals surface area contributed by atoms with Gasteiger partial charge in [-0.2, -0.15) is 13.2 Å². The van der Waals surface area contributed by atoms with Crippen molar-refractivity contribution in [1.82, 2.24) is 20.5 Å². The first-order valence-corrected chi connectivity index (χ1v) is 6.71. The molecule has 0 aliphatic carbocycles. The van der Waals surface area contributed by atoms with Gasteiger partial charge >= 0.3 is 6.18 Å². The number of amides is 1. The van der Waals surface area contributed by atoms with Gasteiger partial charge in [0.2, 0.25) is 0 Å². The molecule has 23 heavy (non-hydrogen) atoms. The molecular formula is C13H19Cl2F3N4O. The van der Waals surface area contributed by atoms with Gasteiger partial charge in [-0.3, -0.25) is 14.7 Å². The van der Waals surface area contributed by atoms with Gasteiger partial charge in [0.05, 0.1) is 5.56 Å². The quantitative estimate of drug-likeness (QED) is 0.839. The van der Waals surface area contributed by atoms with E-state index in [0.717, 1.165) is 51.1 Å². The summed E-state index contributed by atoms with van der Waals surface area (Å²) < 4.78 is 37.1. The lowest BCUT2D eigenvalue weighted by Gasteiger charge is -2.27. The van der Waals surface area contributed by atoms with Crippen molar-refractivity contribution in [2.75, 3.05) is 39.3 Å². The Morgan fingerprint density at radius 1 is 1.26 bits per heavy atom. The van der Waals surface area contributed by atoms with Crippen LogP contribution in [-0.4, -0.2) is 55.1 Å². The highest BCUT2D eigenvalue weighted by Crippen LogP contribution is 2.27. The topological polar surface area (TPSA) is 57.3 Å². The summed E-state index contributed by atoms with van der Waals surface area (Å²) >= 11 is 0. The molecule has 0 spiro atoms. The van der Waals surface area contributed by atoms with Crippen LogP contribution in [0.1, 0.15) is 16.1 Å². The van der Waals surface area contributed by atoms with Gasteiger partial charge < -0.3 is 10.6 Å². The molecule has 1 aliphatic rings. The van der Waals surface area contributed by atoms with Crippen molar-refractivity contribution in [3.05, 3.63) is 29.6 Å². The minimum Gasteiger partial charge on any atom is -0.351 e. The number of rotatable bonds is 4. The number of hydrogen-bond donors (Lipinski definition) is 2. The number of carbonyl (C=O) groups excluding carboxylic acids is 1. The van der Waals surface area contributed by atoms with Crippen molar-refractivity contribution >= 4 is 30.7 Å². The van der Waals surface area contributed by atoms with Crippen LogP contribution in [0.4, 0.5) is 13.2 Å². The number of aromatic nitrogens is 1. The first-order valence-electron chi connectivity index (χ1n) is 6.71. The van der Waals surface area contributed by atoms with Gasteiger partial charge in [0.25, 0.3) is 5.91 Å². The average molecular weight is 375 g/mol. The van der Waals surface area contributed by atoms with Crippen LogP contribution < -0.4 is 10.6 Å². The molecule has 10 heteroatoms. The summed E-state index contributed by atoms with van der Waals surface area (Å²) in [6.45, 7) is 4.89. The first-order chi connectivity index (χ1) is 9.97. The SMILES string of the molecule is Cl.Cl.O=C(NCCN1CCNCC1)c1ccc(C(F)(F)F)nc1. The van der Waals surface area contributed by atoms with Crippen molar-refractivity contribution < 1.29 is 18.0 Å². The maximum atomic E-state index is 12.4. The predicted octanol–water partition coefficient (Wildman–Crippen LogP) is 1.58. The van der Waals surface area contributed by atoms with Crippen LogP contribution in [0.25, 0.3) is 0 Å². The molecule has 1 amide bonds. The second kappa shape index (κ2) is 9.92. The highest BCUT2D eigenvalue weighted by atomic mass is 35.5. The van der Waals surface area contributed by atoms with Crippen molar-refractivity contribution in [2.24, 2.45) is 0 Å². The predicted molar refractivity (Wildman–Crippen MR) is 85.4 cm³/mol. The lowest BCUT2D eigenvalue weighted by atomic mass is 10.2. The van der Waals surface area contributed by atoms with Gasteiger partial charge in [-0.25, -0.2) is 0 Å². The maximum absolute atomic E-state index is 12.4. The normalized spacial score (nSPS) is 15.3. The molecule has 0 bridgehead atoms. The molecule has 0 atom stereocenters. The van der Waals surface area contributed by atoms with Gasteiger partial charge in [-0.1, -0.05) is 0 Å². The van der Waals surface area contributed by atoms with E-state index in [-0.39, 0.29) is 30.4 Å². The molecule has 1 fully saturated rings. The molecule has 0 saturated carbocycles. The summed E-state index contributed by atoms with van der Waals surface area (Å²) in [7, 11) is 0. The zero-order valence-corrected chi connectivity index (χ0v) is 13.9. The Morgan fingerprint density at radius 3 is 2.43 bits per heavy atom. The highest BCUT2D eigenvalue weighted by molar-refractivity contribution is 5.93. The van der Waals surface area contributed by atoms with E-state index >= 15 is 0 Å². The minimum absolute atomic E-state index is 0. The van der Waals surface area contributed by atoms with Crippen molar-refractivity contribution in [3.8, 4) is 0 Å². The van der Waals surface area contributed by atoms with Crippen molar-refractivity contribution in [3.63, 3.8) is 0 Å². The summed E-state index contributed by atoms with van der Waals surface area (Å²) in [6, 6.07) is 1.95. The number of hydrogen-bond acceptors (Lipinski definition) is 4. The van der Waals surface area contributed by atoms with Gasteiger partial charge in [-0.15, -0.1) is 24.8 Å². The molecule has 2 rings (SSSR count). The maximum Gasteiger partial charge on any atom is 0.433 e. The van der Waals surface area contributed by atoms with E-state index < -0.39 is 17.8 Å². The van der Waals surface area contributed by atoms with Crippen LogP contribution in [-0.2, 0) is 6.18 Å². The van der Waals surface area contributed by atoms with Gasteiger partial charge in [0.15, 0.2) is 0 Å². The summed E-state index contributed by atoms with van der Waals surface area (Å²) in [5.41, 5.74) is -0.872. The van der Waals surface area contributed by atoms with E-state index in [1.54, 1.807) is 0 Å². The second-order valence-corrected chi connectivity index (χ2v) is 4.78. The Hall–Kier alpha value is -1.09. The summed E-state index contributed by atoms with van der Waals surface area (Å²) in [5.74, 6) is -0.411. The van der Waals surface area contributed by atoms with Crippen LogP contribution in [0, 0.1) is 0 Å². The Labute approximate surface area is 144 Å². The van der Waals surface area contributed by atoms with Crippen LogP contribution in [0.5, 0.6) is 0 Å². The summed E-state index contributed by atoms with van der Waals surface area (Å²) in [4.78, 5) is 17.3. The Bertz CT molecular complexity index is 479. The van der Waals surface area contributed by atoms with Gasteiger partial charge in [-0.05, 0) is 12.1 Å². The van der Waals surface area contributed by atoms with E-state index in [0.29, 0.717) is 6.54 Å².